The fourth-order valence-electron chi connectivity index (χ4n) is 2.03. The van der Waals surface area contributed by atoms with E-state index in [1.54, 1.807) is 0 Å². The second-order valence-electron chi connectivity index (χ2n) is 4.53. The van der Waals surface area contributed by atoms with Gasteiger partial charge in [-0.15, -0.1) is 10.2 Å². The van der Waals surface area contributed by atoms with E-state index in [4.69, 9.17) is 5.73 Å². The molecule has 2 N–H and O–H groups in total. The van der Waals surface area contributed by atoms with Crippen LogP contribution in [0, 0.1) is 13.8 Å². The van der Waals surface area contributed by atoms with Crippen LogP contribution in [0.15, 0.2) is 36.5 Å². The van der Waals surface area contributed by atoms with Gasteiger partial charge in [0.2, 0.25) is 0 Å². The van der Waals surface area contributed by atoms with E-state index in [-0.39, 0.29) is 0 Å². The summed E-state index contributed by atoms with van der Waals surface area (Å²) < 4.78 is 1.93. The van der Waals surface area contributed by atoms with Crippen LogP contribution in [-0.2, 0) is 0 Å². The SMILES string of the molecule is Cc1cccc(-c2nnc3cc(C)c(N)cn23)c1. The molecule has 1 aromatic carbocycles. The van der Waals surface area contributed by atoms with Gasteiger partial charge in [0.1, 0.15) is 0 Å². The number of nitrogens with two attached hydrogens (primary N) is 1. The molecular formula is C14H14N4. The van der Waals surface area contributed by atoms with E-state index in [1.165, 1.54) is 5.56 Å². The number of rotatable bonds is 1. The Bertz CT molecular complexity index is 728. The molecule has 0 fully saturated rings. The summed E-state index contributed by atoms with van der Waals surface area (Å²) in [6, 6.07) is 10.1. The topological polar surface area (TPSA) is 56.2 Å². The number of aromatic nitrogens is 3. The second kappa shape index (κ2) is 3.84. The number of hydrogen-bond acceptors (Lipinski definition) is 3. The third-order valence-corrected chi connectivity index (χ3v) is 3.07. The molecule has 0 aliphatic rings. The minimum Gasteiger partial charge on any atom is -0.397 e. The van der Waals surface area contributed by atoms with E-state index in [2.05, 4.69) is 29.3 Å². The fourth-order valence-corrected chi connectivity index (χ4v) is 2.03. The van der Waals surface area contributed by atoms with Crippen molar-refractivity contribution >= 4 is 11.3 Å². The molecule has 0 saturated heterocycles. The number of fused-ring (bicyclic) bond motifs is 1. The lowest BCUT2D eigenvalue weighted by molar-refractivity contribution is 1.11. The molecule has 18 heavy (non-hydrogen) atoms. The lowest BCUT2D eigenvalue weighted by Gasteiger charge is -2.04. The third-order valence-electron chi connectivity index (χ3n) is 3.07. The van der Waals surface area contributed by atoms with E-state index in [0.717, 1.165) is 28.3 Å². The molecule has 0 spiro atoms. The number of pyridine rings is 1. The summed E-state index contributed by atoms with van der Waals surface area (Å²) in [4.78, 5) is 0. The highest BCUT2D eigenvalue weighted by Crippen LogP contribution is 2.21. The van der Waals surface area contributed by atoms with Crippen LogP contribution >= 0.6 is 0 Å². The minimum atomic E-state index is 0.746. The molecular weight excluding hydrogens is 224 g/mol. The zero-order valence-corrected chi connectivity index (χ0v) is 10.4. The summed E-state index contributed by atoms with van der Waals surface area (Å²) in [5, 5.41) is 8.43. The number of aryl methyl sites for hydroxylation is 2. The summed E-state index contributed by atoms with van der Waals surface area (Å²) in [6.07, 6.45) is 1.88. The van der Waals surface area contributed by atoms with Crippen molar-refractivity contribution in [1.82, 2.24) is 14.6 Å². The Morgan fingerprint density at radius 1 is 1.11 bits per heavy atom. The second-order valence-corrected chi connectivity index (χ2v) is 4.53. The highest BCUT2D eigenvalue weighted by Gasteiger charge is 2.09. The summed E-state index contributed by atoms with van der Waals surface area (Å²) >= 11 is 0. The van der Waals surface area contributed by atoms with Gasteiger partial charge in [-0.1, -0.05) is 23.8 Å². The smallest absolute Gasteiger partial charge is 0.168 e. The van der Waals surface area contributed by atoms with Crippen LogP contribution in [0.2, 0.25) is 0 Å². The summed E-state index contributed by atoms with van der Waals surface area (Å²) in [6.45, 7) is 4.03. The van der Waals surface area contributed by atoms with E-state index < -0.39 is 0 Å². The first-order valence-electron chi connectivity index (χ1n) is 5.83. The number of benzene rings is 1. The van der Waals surface area contributed by atoms with Gasteiger partial charge in [0.25, 0.3) is 0 Å². The maximum absolute atomic E-state index is 5.95. The van der Waals surface area contributed by atoms with Gasteiger partial charge in [0.15, 0.2) is 11.5 Å². The Hall–Kier alpha value is -2.36. The maximum atomic E-state index is 5.95. The Balaban J connectivity index is 2.27. The van der Waals surface area contributed by atoms with Gasteiger partial charge >= 0.3 is 0 Å². The van der Waals surface area contributed by atoms with Crippen LogP contribution in [0.4, 0.5) is 5.69 Å². The lowest BCUT2D eigenvalue weighted by atomic mass is 10.1. The van der Waals surface area contributed by atoms with Crippen molar-refractivity contribution in [1.29, 1.82) is 0 Å². The molecule has 2 aromatic heterocycles. The minimum absolute atomic E-state index is 0.746. The van der Waals surface area contributed by atoms with Crippen molar-refractivity contribution in [2.45, 2.75) is 13.8 Å². The lowest BCUT2D eigenvalue weighted by Crippen LogP contribution is -1.96. The normalized spacial score (nSPS) is 11.0. The van der Waals surface area contributed by atoms with E-state index >= 15 is 0 Å². The van der Waals surface area contributed by atoms with E-state index in [1.807, 2.05) is 35.7 Å². The maximum Gasteiger partial charge on any atom is 0.168 e. The zero-order chi connectivity index (χ0) is 12.7. The average molecular weight is 238 g/mol. The van der Waals surface area contributed by atoms with Gasteiger partial charge in [-0.25, -0.2) is 0 Å². The summed E-state index contributed by atoms with van der Waals surface area (Å²) in [5.74, 6) is 0.820. The van der Waals surface area contributed by atoms with Crippen molar-refractivity contribution < 1.29 is 0 Å². The number of nitrogen functional groups attached to an aromatic ring is 1. The number of anilines is 1. The average Bonchev–Trinajstić information content (AvgIpc) is 2.73. The molecule has 0 saturated carbocycles. The van der Waals surface area contributed by atoms with E-state index in [0.29, 0.717) is 0 Å². The molecule has 4 nitrogen and oxygen atoms in total. The van der Waals surface area contributed by atoms with Gasteiger partial charge in [0.05, 0.1) is 5.69 Å². The fraction of sp³-hybridized carbons (Fsp3) is 0.143. The molecule has 0 aliphatic carbocycles. The predicted molar refractivity (Wildman–Crippen MR) is 72.3 cm³/mol. The van der Waals surface area contributed by atoms with Crippen LogP contribution in [0.3, 0.4) is 0 Å². The Morgan fingerprint density at radius 3 is 2.72 bits per heavy atom. The number of nitrogens with zero attached hydrogens (tertiary/aromatic N) is 3. The third kappa shape index (κ3) is 1.62. The molecule has 0 amide bonds. The van der Waals surface area contributed by atoms with Crippen molar-refractivity contribution in [2.75, 3.05) is 5.73 Å². The molecule has 3 rings (SSSR count). The summed E-state index contributed by atoms with van der Waals surface area (Å²) in [5.41, 5.74) is 10.8. The van der Waals surface area contributed by atoms with Crippen molar-refractivity contribution in [2.24, 2.45) is 0 Å². The molecule has 0 aliphatic heterocycles. The largest absolute Gasteiger partial charge is 0.397 e. The van der Waals surface area contributed by atoms with Crippen molar-refractivity contribution in [3.05, 3.63) is 47.7 Å². The molecule has 4 heteroatoms. The van der Waals surface area contributed by atoms with Crippen molar-refractivity contribution in [3.8, 4) is 11.4 Å². The van der Waals surface area contributed by atoms with Gasteiger partial charge in [-0.3, -0.25) is 4.40 Å². The zero-order valence-electron chi connectivity index (χ0n) is 10.4. The number of hydrogen-bond donors (Lipinski definition) is 1. The quantitative estimate of drug-likeness (QED) is 0.709. The van der Waals surface area contributed by atoms with Crippen LogP contribution in [0.25, 0.3) is 17.0 Å². The first-order valence-corrected chi connectivity index (χ1v) is 5.83. The van der Waals surface area contributed by atoms with Gasteiger partial charge in [0, 0.05) is 11.8 Å². The van der Waals surface area contributed by atoms with Crippen LogP contribution in [0.1, 0.15) is 11.1 Å². The molecule has 90 valence electrons. The van der Waals surface area contributed by atoms with Gasteiger partial charge in [-0.2, -0.15) is 0 Å². The molecule has 0 atom stereocenters. The van der Waals surface area contributed by atoms with E-state index in [9.17, 15) is 0 Å². The molecule has 0 unspecified atom stereocenters. The van der Waals surface area contributed by atoms with Crippen LogP contribution in [0.5, 0.6) is 0 Å². The van der Waals surface area contributed by atoms with Crippen LogP contribution < -0.4 is 5.73 Å². The standard InChI is InChI=1S/C14H14N4/c1-9-4-3-5-11(6-9)14-17-16-13-7-10(2)12(15)8-18(13)14/h3-8H,15H2,1-2H3. The molecule has 3 aromatic rings. The van der Waals surface area contributed by atoms with Gasteiger partial charge in [-0.05, 0) is 31.5 Å². The van der Waals surface area contributed by atoms with Crippen molar-refractivity contribution in [3.63, 3.8) is 0 Å². The monoisotopic (exact) mass is 238 g/mol. The Labute approximate surface area is 105 Å². The Morgan fingerprint density at radius 2 is 1.94 bits per heavy atom. The highest BCUT2D eigenvalue weighted by atomic mass is 15.2. The highest BCUT2D eigenvalue weighted by molar-refractivity contribution is 5.63. The molecule has 0 bridgehead atoms. The first kappa shape index (κ1) is 10.8. The summed E-state index contributed by atoms with van der Waals surface area (Å²) in [7, 11) is 0. The predicted octanol–water partition coefficient (Wildman–Crippen LogP) is 2.60. The van der Waals surface area contributed by atoms with Gasteiger partial charge < -0.3 is 5.73 Å². The Kier molecular flexibility index (Phi) is 2.30. The molecule has 2 heterocycles. The van der Waals surface area contributed by atoms with Crippen LogP contribution in [-0.4, -0.2) is 14.6 Å². The first-order chi connectivity index (χ1) is 8.65. The molecule has 0 radical (unpaired) electrons.